The summed E-state index contributed by atoms with van der Waals surface area (Å²) in [6.45, 7) is 0. The molecule has 1 aromatic heterocycles. The van der Waals surface area contributed by atoms with Crippen LogP contribution in [-0.4, -0.2) is 20.6 Å². The number of aryl methyl sites for hydroxylation is 1. The number of hydrogen-bond donors (Lipinski definition) is 0. The number of nitrogens with zero attached hydrogens (tertiary/aromatic N) is 1. The van der Waals surface area contributed by atoms with Crippen LogP contribution >= 0.6 is 0 Å². The van der Waals surface area contributed by atoms with E-state index in [-0.39, 0.29) is 0 Å². The SMILES string of the molecule is Cn1cc([SeH])c2ccccc21. The molecule has 0 amide bonds. The molecule has 0 unspecified atom stereocenters. The van der Waals surface area contributed by atoms with Crippen molar-refractivity contribution >= 4 is 31.4 Å². The van der Waals surface area contributed by atoms with Gasteiger partial charge in [0, 0.05) is 0 Å². The molecule has 0 saturated heterocycles. The summed E-state index contributed by atoms with van der Waals surface area (Å²) in [7, 11) is 2.07. The van der Waals surface area contributed by atoms with E-state index in [1.165, 1.54) is 15.4 Å². The average Bonchev–Trinajstić information content (AvgIpc) is 2.30. The van der Waals surface area contributed by atoms with Crippen molar-refractivity contribution < 1.29 is 0 Å². The molecule has 2 heteroatoms. The number of rotatable bonds is 0. The summed E-state index contributed by atoms with van der Waals surface area (Å²) < 4.78 is 3.43. The third kappa shape index (κ3) is 0.991. The molecule has 0 aliphatic heterocycles. The van der Waals surface area contributed by atoms with Crippen molar-refractivity contribution in [3.05, 3.63) is 30.5 Å². The molecular weight excluding hydrogens is 201 g/mol. The summed E-state index contributed by atoms with van der Waals surface area (Å²) in [6.07, 6.45) is 2.13. The first-order chi connectivity index (χ1) is 5.29. The van der Waals surface area contributed by atoms with Gasteiger partial charge in [-0.15, -0.1) is 0 Å². The van der Waals surface area contributed by atoms with Gasteiger partial charge in [0.2, 0.25) is 0 Å². The van der Waals surface area contributed by atoms with E-state index >= 15 is 0 Å². The molecule has 0 spiro atoms. The monoisotopic (exact) mass is 211 g/mol. The van der Waals surface area contributed by atoms with Crippen molar-refractivity contribution in [3.8, 4) is 0 Å². The molecular formula is C9H9NSe. The maximum absolute atomic E-state index is 2.59. The van der Waals surface area contributed by atoms with Crippen molar-refractivity contribution in [1.82, 2.24) is 4.57 Å². The summed E-state index contributed by atoms with van der Waals surface area (Å²) in [4.78, 5) is 0. The molecule has 0 bridgehead atoms. The molecule has 0 aliphatic carbocycles. The van der Waals surface area contributed by atoms with Crippen molar-refractivity contribution in [1.29, 1.82) is 0 Å². The zero-order valence-electron chi connectivity index (χ0n) is 6.28. The van der Waals surface area contributed by atoms with Gasteiger partial charge in [0.05, 0.1) is 0 Å². The second-order valence-electron chi connectivity index (χ2n) is 2.64. The van der Waals surface area contributed by atoms with Crippen LogP contribution in [-0.2, 0) is 7.05 Å². The van der Waals surface area contributed by atoms with Gasteiger partial charge in [-0.3, -0.25) is 0 Å². The Morgan fingerprint density at radius 3 is 2.73 bits per heavy atom. The van der Waals surface area contributed by atoms with Gasteiger partial charge in [0.1, 0.15) is 0 Å². The predicted molar refractivity (Wildman–Crippen MR) is 49.7 cm³/mol. The Bertz CT molecular complexity index is 353. The molecule has 1 nitrogen and oxygen atoms in total. The molecule has 0 N–H and O–H groups in total. The van der Waals surface area contributed by atoms with Gasteiger partial charge in [-0.05, 0) is 0 Å². The van der Waals surface area contributed by atoms with Crippen LogP contribution in [0.1, 0.15) is 0 Å². The first-order valence-electron chi connectivity index (χ1n) is 3.52. The van der Waals surface area contributed by atoms with Gasteiger partial charge in [0.15, 0.2) is 0 Å². The Hall–Kier alpha value is -0.721. The molecule has 11 heavy (non-hydrogen) atoms. The molecule has 1 aromatic carbocycles. The van der Waals surface area contributed by atoms with Gasteiger partial charge in [0.25, 0.3) is 0 Å². The van der Waals surface area contributed by atoms with E-state index in [1.807, 2.05) is 0 Å². The van der Waals surface area contributed by atoms with Crippen molar-refractivity contribution in [3.63, 3.8) is 0 Å². The van der Waals surface area contributed by atoms with E-state index in [0.717, 1.165) is 0 Å². The van der Waals surface area contributed by atoms with Crippen molar-refractivity contribution in [2.24, 2.45) is 7.05 Å². The molecule has 2 rings (SSSR count). The van der Waals surface area contributed by atoms with Gasteiger partial charge < -0.3 is 0 Å². The summed E-state index contributed by atoms with van der Waals surface area (Å²) in [5, 5.41) is 1.33. The zero-order valence-corrected chi connectivity index (χ0v) is 8.16. The first kappa shape index (κ1) is 6.96. The van der Waals surface area contributed by atoms with Crippen LogP contribution in [0, 0.1) is 0 Å². The van der Waals surface area contributed by atoms with Gasteiger partial charge in [-0.2, -0.15) is 0 Å². The number of para-hydroxylation sites is 1. The van der Waals surface area contributed by atoms with Gasteiger partial charge >= 0.3 is 73.5 Å². The minimum absolute atomic E-state index is 1.29. The molecule has 2 aromatic rings. The fourth-order valence-electron chi connectivity index (χ4n) is 1.32. The van der Waals surface area contributed by atoms with Gasteiger partial charge in [-0.25, -0.2) is 0 Å². The zero-order chi connectivity index (χ0) is 7.84. The number of benzene rings is 1. The quantitative estimate of drug-likeness (QED) is 0.564. The number of fused-ring (bicyclic) bond motifs is 1. The Morgan fingerprint density at radius 1 is 1.27 bits per heavy atom. The Labute approximate surface area is 73.8 Å². The van der Waals surface area contributed by atoms with Crippen LogP contribution in [0.15, 0.2) is 30.5 Å². The van der Waals surface area contributed by atoms with E-state index in [2.05, 4.69) is 58.1 Å². The summed E-state index contributed by atoms with van der Waals surface area (Å²) in [5.41, 5.74) is 1.29. The normalized spacial score (nSPS) is 10.7. The van der Waals surface area contributed by atoms with E-state index in [4.69, 9.17) is 0 Å². The fraction of sp³-hybridized carbons (Fsp3) is 0.111. The second-order valence-corrected chi connectivity index (χ2v) is 3.65. The van der Waals surface area contributed by atoms with E-state index in [1.54, 1.807) is 0 Å². The predicted octanol–water partition coefficient (Wildman–Crippen LogP) is 0.704. The topological polar surface area (TPSA) is 4.93 Å². The standard InChI is InChI=1S/C9H9NSe/c1-10-6-9(11)7-4-2-3-5-8(7)10/h2-6,11H,1H3. The van der Waals surface area contributed by atoms with Crippen LogP contribution in [0.25, 0.3) is 10.9 Å². The third-order valence-electron chi connectivity index (χ3n) is 1.88. The van der Waals surface area contributed by atoms with Crippen molar-refractivity contribution in [2.45, 2.75) is 0 Å². The molecule has 0 fully saturated rings. The first-order valence-corrected chi connectivity index (χ1v) is 4.46. The van der Waals surface area contributed by atoms with E-state index in [0.29, 0.717) is 0 Å². The minimum atomic E-state index is 1.29. The average molecular weight is 210 g/mol. The second kappa shape index (κ2) is 2.40. The molecule has 0 radical (unpaired) electrons. The van der Waals surface area contributed by atoms with E-state index in [9.17, 15) is 0 Å². The Morgan fingerprint density at radius 2 is 2.00 bits per heavy atom. The Balaban J connectivity index is 2.95. The van der Waals surface area contributed by atoms with Crippen LogP contribution in [0.2, 0.25) is 0 Å². The fourth-order valence-corrected chi connectivity index (χ4v) is 2.08. The Kier molecular flexibility index (Phi) is 1.52. The number of aromatic nitrogens is 1. The van der Waals surface area contributed by atoms with Crippen molar-refractivity contribution in [2.75, 3.05) is 0 Å². The van der Waals surface area contributed by atoms with Crippen LogP contribution < -0.4 is 4.46 Å². The van der Waals surface area contributed by atoms with Crippen LogP contribution in [0.4, 0.5) is 0 Å². The van der Waals surface area contributed by atoms with Crippen LogP contribution in [0.5, 0.6) is 0 Å². The molecule has 0 aliphatic rings. The van der Waals surface area contributed by atoms with E-state index < -0.39 is 0 Å². The molecule has 0 atom stereocenters. The third-order valence-corrected chi connectivity index (χ3v) is 2.62. The summed E-state index contributed by atoms with van der Waals surface area (Å²) >= 11 is 2.59. The summed E-state index contributed by atoms with van der Waals surface area (Å²) in [6, 6.07) is 8.41. The molecule has 0 saturated carbocycles. The summed E-state index contributed by atoms with van der Waals surface area (Å²) in [5.74, 6) is 0. The molecule has 1 heterocycles. The van der Waals surface area contributed by atoms with Gasteiger partial charge in [-0.1, -0.05) is 0 Å². The molecule has 56 valence electrons. The number of hydrogen-bond acceptors (Lipinski definition) is 0. The van der Waals surface area contributed by atoms with Crippen LogP contribution in [0.3, 0.4) is 0 Å². The maximum atomic E-state index is 2.59.